The first-order valence-electron chi connectivity index (χ1n) is 9.04. The molecule has 13 heteroatoms. The SMILES string of the molecule is O=C(N/N=C\c1ccccc1OS(=O)(=O)c1cccc([N+](=O)[O-])c1)c1ccccc1[N+](=O)[O-]. The van der Waals surface area contributed by atoms with Crippen molar-refractivity contribution in [2.45, 2.75) is 4.90 Å². The molecule has 3 aromatic rings. The first-order chi connectivity index (χ1) is 15.7. The number of rotatable bonds is 8. The molecule has 0 atom stereocenters. The summed E-state index contributed by atoms with van der Waals surface area (Å²) in [6, 6.07) is 15.4. The van der Waals surface area contributed by atoms with Gasteiger partial charge in [-0.15, -0.1) is 0 Å². The van der Waals surface area contributed by atoms with Crippen LogP contribution in [0.4, 0.5) is 11.4 Å². The second kappa shape index (κ2) is 9.65. The molecule has 3 rings (SSSR count). The van der Waals surface area contributed by atoms with Crippen LogP contribution in [0.25, 0.3) is 0 Å². The van der Waals surface area contributed by atoms with Crippen LogP contribution in [0, 0.1) is 20.2 Å². The summed E-state index contributed by atoms with van der Waals surface area (Å²) in [5.41, 5.74) is 1.24. The van der Waals surface area contributed by atoms with Crippen molar-refractivity contribution in [3.8, 4) is 5.75 Å². The summed E-state index contributed by atoms with van der Waals surface area (Å²) in [5.74, 6) is -1.01. The van der Waals surface area contributed by atoms with Crippen molar-refractivity contribution in [3.05, 3.63) is 104 Å². The maximum Gasteiger partial charge on any atom is 0.339 e. The van der Waals surface area contributed by atoms with Crippen molar-refractivity contribution < 1.29 is 27.2 Å². The van der Waals surface area contributed by atoms with E-state index in [-0.39, 0.29) is 16.9 Å². The van der Waals surface area contributed by atoms with Crippen molar-refractivity contribution in [1.82, 2.24) is 5.43 Å². The van der Waals surface area contributed by atoms with Crippen LogP contribution in [-0.2, 0) is 10.1 Å². The van der Waals surface area contributed by atoms with Gasteiger partial charge in [0.25, 0.3) is 17.3 Å². The van der Waals surface area contributed by atoms with E-state index in [0.29, 0.717) is 0 Å². The van der Waals surface area contributed by atoms with Crippen LogP contribution in [0.2, 0.25) is 0 Å². The van der Waals surface area contributed by atoms with Gasteiger partial charge < -0.3 is 4.18 Å². The number of benzene rings is 3. The Labute approximate surface area is 186 Å². The summed E-state index contributed by atoms with van der Waals surface area (Å²) in [7, 11) is -4.42. The maximum atomic E-state index is 12.6. The molecule has 0 saturated carbocycles. The Hall–Kier alpha value is -4.65. The summed E-state index contributed by atoms with van der Waals surface area (Å²) in [6.45, 7) is 0. The molecule has 3 aromatic carbocycles. The molecule has 0 radical (unpaired) electrons. The second-order valence-electron chi connectivity index (χ2n) is 6.30. The summed E-state index contributed by atoms with van der Waals surface area (Å²) in [4.78, 5) is 32.3. The normalized spacial score (nSPS) is 11.2. The second-order valence-corrected chi connectivity index (χ2v) is 7.85. The molecule has 0 spiro atoms. The standard InChI is InChI=1S/C20H14N4O8S/c25-20(17-9-2-3-10-18(17)24(28)29)22-21-13-14-6-1-4-11-19(14)32-33(30,31)16-8-5-7-15(12-16)23(26)27/h1-13H,(H,22,25)/b21-13-. The van der Waals surface area contributed by atoms with Gasteiger partial charge in [0.05, 0.1) is 16.1 Å². The highest BCUT2D eigenvalue weighted by Crippen LogP contribution is 2.24. The number of amides is 1. The van der Waals surface area contributed by atoms with Crippen LogP contribution in [0.1, 0.15) is 15.9 Å². The minimum atomic E-state index is -4.42. The fraction of sp³-hybridized carbons (Fsp3) is 0. The highest BCUT2D eigenvalue weighted by atomic mass is 32.2. The Morgan fingerprint density at radius 2 is 1.64 bits per heavy atom. The van der Waals surface area contributed by atoms with E-state index in [1.165, 1.54) is 48.5 Å². The van der Waals surface area contributed by atoms with Gasteiger partial charge in [0.2, 0.25) is 0 Å². The van der Waals surface area contributed by atoms with Crippen molar-refractivity contribution in [2.24, 2.45) is 5.10 Å². The molecule has 33 heavy (non-hydrogen) atoms. The molecule has 0 heterocycles. The van der Waals surface area contributed by atoms with Gasteiger partial charge in [-0.3, -0.25) is 25.0 Å². The van der Waals surface area contributed by atoms with Gasteiger partial charge in [-0.2, -0.15) is 13.5 Å². The van der Waals surface area contributed by atoms with E-state index >= 15 is 0 Å². The fourth-order valence-corrected chi connectivity index (χ4v) is 3.62. The molecule has 0 saturated heterocycles. The Kier molecular flexibility index (Phi) is 6.74. The molecule has 168 valence electrons. The third-order valence-corrected chi connectivity index (χ3v) is 5.38. The van der Waals surface area contributed by atoms with Gasteiger partial charge in [0.1, 0.15) is 10.5 Å². The van der Waals surface area contributed by atoms with E-state index < -0.39 is 42.1 Å². The van der Waals surface area contributed by atoms with Crippen LogP contribution in [0.3, 0.4) is 0 Å². The average molecular weight is 470 g/mol. The van der Waals surface area contributed by atoms with Gasteiger partial charge in [-0.25, -0.2) is 5.43 Å². The number of hydrazone groups is 1. The van der Waals surface area contributed by atoms with Gasteiger partial charge in [-0.1, -0.05) is 30.3 Å². The lowest BCUT2D eigenvalue weighted by Crippen LogP contribution is -2.19. The molecule has 0 aliphatic carbocycles. The van der Waals surface area contributed by atoms with Crippen LogP contribution in [0.5, 0.6) is 5.75 Å². The zero-order valence-corrected chi connectivity index (χ0v) is 17.3. The predicted molar refractivity (Wildman–Crippen MR) is 116 cm³/mol. The first kappa shape index (κ1) is 23.0. The zero-order chi connectivity index (χ0) is 24.0. The molecule has 1 amide bonds. The van der Waals surface area contributed by atoms with Crippen LogP contribution >= 0.6 is 0 Å². The van der Waals surface area contributed by atoms with Crippen molar-refractivity contribution in [1.29, 1.82) is 0 Å². The fourth-order valence-electron chi connectivity index (χ4n) is 2.63. The Bertz CT molecular complexity index is 1370. The van der Waals surface area contributed by atoms with Gasteiger partial charge in [0, 0.05) is 23.8 Å². The lowest BCUT2D eigenvalue weighted by Gasteiger charge is -2.09. The highest BCUT2D eigenvalue weighted by Gasteiger charge is 2.21. The molecule has 0 unspecified atom stereocenters. The van der Waals surface area contributed by atoms with E-state index in [9.17, 15) is 33.4 Å². The lowest BCUT2D eigenvalue weighted by atomic mass is 10.2. The number of non-ortho nitro benzene ring substituents is 1. The van der Waals surface area contributed by atoms with Crippen molar-refractivity contribution in [2.75, 3.05) is 0 Å². The number of hydrogen-bond donors (Lipinski definition) is 1. The zero-order valence-electron chi connectivity index (χ0n) is 16.5. The van der Waals surface area contributed by atoms with Crippen molar-refractivity contribution in [3.63, 3.8) is 0 Å². The molecule has 0 aliphatic heterocycles. The number of para-hydroxylation sites is 2. The lowest BCUT2D eigenvalue weighted by molar-refractivity contribution is -0.385. The number of nitro groups is 2. The molecule has 12 nitrogen and oxygen atoms in total. The summed E-state index contributed by atoms with van der Waals surface area (Å²) >= 11 is 0. The number of carbonyl (C=O) groups is 1. The van der Waals surface area contributed by atoms with E-state index in [0.717, 1.165) is 24.4 Å². The molecule has 0 bridgehead atoms. The number of nitro benzene ring substituents is 2. The smallest absolute Gasteiger partial charge is 0.339 e. The molecule has 0 aliphatic rings. The Balaban J connectivity index is 1.80. The van der Waals surface area contributed by atoms with E-state index in [4.69, 9.17) is 4.18 Å². The Morgan fingerprint density at radius 3 is 2.36 bits per heavy atom. The van der Waals surface area contributed by atoms with E-state index in [1.54, 1.807) is 6.07 Å². The van der Waals surface area contributed by atoms with Gasteiger partial charge >= 0.3 is 10.1 Å². The molecule has 0 fully saturated rings. The largest absolute Gasteiger partial charge is 0.378 e. The molecular weight excluding hydrogens is 456 g/mol. The van der Waals surface area contributed by atoms with Crippen molar-refractivity contribution >= 4 is 33.6 Å². The molecular formula is C20H14N4O8S. The minimum absolute atomic E-state index is 0.148. The third kappa shape index (κ3) is 5.54. The molecule has 1 N–H and O–H groups in total. The summed E-state index contributed by atoms with van der Waals surface area (Å²) in [6.07, 6.45) is 1.09. The van der Waals surface area contributed by atoms with Crippen LogP contribution in [0.15, 0.2) is 82.8 Å². The number of nitrogens with zero attached hydrogens (tertiary/aromatic N) is 3. The average Bonchev–Trinajstić information content (AvgIpc) is 2.80. The number of nitrogens with one attached hydrogen (secondary N) is 1. The Morgan fingerprint density at radius 1 is 0.939 bits per heavy atom. The van der Waals surface area contributed by atoms with E-state index in [2.05, 4.69) is 10.5 Å². The molecule has 0 aromatic heterocycles. The maximum absolute atomic E-state index is 12.6. The highest BCUT2D eigenvalue weighted by molar-refractivity contribution is 7.87. The third-order valence-electron chi connectivity index (χ3n) is 4.15. The van der Waals surface area contributed by atoms with E-state index in [1.807, 2.05) is 0 Å². The van der Waals surface area contributed by atoms with Crippen LogP contribution in [-0.4, -0.2) is 30.4 Å². The first-order valence-corrected chi connectivity index (χ1v) is 10.4. The van der Waals surface area contributed by atoms with Crippen LogP contribution < -0.4 is 9.61 Å². The summed E-state index contributed by atoms with van der Waals surface area (Å²) < 4.78 is 30.3. The monoisotopic (exact) mass is 470 g/mol. The van der Waals surface area contributed by atoms with Gasteiger partial charge in [0.15, 0.2) is 5.75 Å². The van der Waals surface area contributed by atoms with Gasteiger partial charge in [-0.05, 0) is 24.3 Å². The number of hydrogen-bond acceptors (Lipinski definition) is 9. The topological polar surface area (TPSA) is 171 Å². The number of carbonyl (C=O) groups excluding carboxylic acids is 1. The summed E-state index contributed by atoms with van der Waals surface area (Å²) in [5, 5.41) is 25.7. The quantitative estimate of drug-likeness (QED) is 0.226. The minimum Gasteiger partial charge on any atom is -0.378 e. The predicted octanol–water partition coefficient (Wildman–Crippen LogP) is 3.03.